The van der Waals surface area contributed by atoms with Gasteiger partial charge in [0.25, 0.3) is 5.91 Å². The summed E-state index contributed by atoms with van der Waals surface area (Å²) in [6.45, 7) is 2.93. The van der Waals surface area contributed by atoms with Crippen LogP contribution >= 0.6 is 0 Å². The maximum atomic E-state index is 12.5. The minimum Gasteiger partial charge on any atom is -0.392 e. The first-order valence-electron chi connectivity index (χ1n) is 9.01. The van der Waals surface area contributed by atoms with Crippen molar-refractivity contribution < 1.29 is 9.90 Å². The van der Waals surface area contributed by atoms with Gasteiger partial charge in [0.2, 0.25) is 0 Å². The van der Waals surface area contributed by atoms with Crippen molar-refractivity contribution in [3.63, 3.8) is 0 Å². The third-order valence-electron chi connectivity index (χ3n) is 5.02. The Hall–Kier alpha value is -2.63. The fourth-order valence-corrected chi connectivity index (χ4v) is 3.55. The number of β-amino-alcohol motifs (C(OH)–C–C–N with tert-alkyl or cyclic N) is 1. The largest absolute Gasteiger partial charge is 0.392 e. The summed E-state index contributed by atoms with van der Waals surface area (Å²) in [5.41, 5.74) is 3.93. The second-order valence-electron chi connectivity index (χ2n) is 6.91. The molecule has 0 unspecified atom stereocenters. The van der Waals surface area contributed by atoms with E-state index < -0.39 is 0 Å². The summed E-state index contributed by atoms with van der Waals surface area (Å²) in [6.07, 6.45) is 2.49. The Labute approximate surface area is 152 Å². The van der Waals surface area contributed by atoms with Crippen molar-refractivity contribution >= 4 is 16.8 Å². The molecule has 1 saturated heterocycles. The number of carbonyl (C=O) groups is 1. The Kier molecular flexibility index (Phi) is 4.73. The van der Waals surface area contributed by atoms with Crippen LogP contribution in [0, 0.1) is 0 Å². The second-order valence-corrected chi connectivity index (χ2v) is 6.91. The number of H-pyrrole nitrogens is 1. The maximum absolute atomic E-state index is 12.5. The lowest BCUT2D eigenvalue weighted by atomic mass is 10.1. The molecule has 0 bridgehead atoms. The highest BCUT2D eigenvalue weighted by Crippen LogP contribution is 2.17. The minimum atomic E-state index is -0.218. The first-order chi connectivity index (χ1) is 12.7. The predicted octanol–water partition coefficient (Wildman–Crippen LogP) is 2.66. The van der Waals surface area contributed by atoms with Crippen LogP contribution in [0.15, 0.2) is 54.7 Å². The molecule has 1 amide bonds. The molecule has 5 nitrogen and oxygen atoms in total. The van der Waals surface area contributed by atoms with Crippen molar-refractivity contribution in [2.45, 2.75) is 25.6 Å². The van der Waals surface area contributed by atoms with Gasteiger partial charge >= 0.3 is 0 Å². The van der Waals surface area contributed by atoms with Gasteiger partial charge in [-0.2, -0.15) is 0 Å². The second kappa shape index (κ2) is 7.32. The molecule has 0 aliphatic carbocycles. The molecule has 1 aliphatic heterocycles. The number of rotatable bonds is 5. The lowest BCUT2D eigenvalue weighted by molar-refractivity contribution is 0.0951. The van der Waals surface area contributed by atoms with E-state index in [0.29, 0.717) is 12.1 Å². The number of hydrogen-bond donors (Lipinski definition) is 3. The van der Waals surface area contributed by atoms with Gasteiger partial charge in [0.05, 0.1) is 6.10 Å². The van der Waals surface area contributed by atoms with E-state index in [4.69, 9.17) is 0 Å². The number of benzene rings is 2. The highest BCUT2D eigenvalue weighted by Gasteiger charge is 2.20. The molecule has 1 fully saturated rings. The smallest absolute Gasteiger partial charge is 0.251 e. The number of aromatic amines is 1. The van der Waals surface area contributed by atoms with Crippen molar-refractivity contribution in [2.75, 3.05) is 13.1 Å². The normalized spacial score (nSPS) is 17.7. The monoisotopic (exact) mass is 349 g/mol. The predicted molar refractivity (Wildman–Crippen MR) is 102 cm³/mol. The molecule has 1 aliphatic rings. The van der Waals surface area contributed by atoms with Crippen molar-refractivity contribution in [1.29, 1.82) is 0 Å². The van der Waals surface area contributed by atoms with E-state index in [0.717, 1.165) is 42.5 Å². The molecule has 3 N–H and O–H groups in total. The molecule has 1 aromatic heterocycles. The molecule has 0 radical (unpaired) electrons. The zero-order valence-corrected chi connectivity index (χ0v) is 14.6. The van der Waals surface area contributed by atoms with Crippen molar-refractivity contribution in [3.8, 4) is 0 Å². The van der Waals surface area contributed by atoms with E-state index in [-0.39, 0.29) is 12.0 Å². The first kappa shape index (κ1) is 16.8. The van der Waals surface area contributed by atoms with E-state index in [1.54, 1.807) is 0 Å². The summed E-state index contributed by atoms with van der Waals surface area (Å²) in [4.78, 5) is 17.9. The van der Waals surface area contributed by atoms with Gasteiger partial charge in [0, 0.05) is 43.5 Å². The number of fused-ring (bicyclic) bond motifs is 1. The Morgan fingerprint density at radius 2 is 2.04 bits per heavy atom. The zero-order valence-electron chi connectivity index (χ0n) is 14.6. The molecular formula is C21H23N3O2. The summed E-state index contributed by atoms with van der Waals surface area (Å²) in [5.74, 6) is -0.0760. The number of likely N-dealkylation sites (tertiary alicyclic amines) is 1. The fraction of sp³-hybridized carbons (Fsp3) is 0.286. The van der Waals surface area contributed by atoms with E-state index >= 15 is 0 Å². The van der Waals surface area contributed by atoms with Gasteiger partial charge in [-0.15, -0.1) is 0 Å². The molecule has 0 saturated carbocycles. The summed E-state index contributed by atoms with van der Waals surface area (Å²) < 4.78 is 0. The fourth-order valence-electron chi connectivity index (χ4n) is 3.55. The Bertz CT molecular complexity index is 918. The van der Waals surface area contributed by atoms with E-state index in [1.165, 1.54) is 5.56 Å². The standard InChI is InChI=1S/C21H23N3O2/c25-19-8-10-24(14-19)13-18-4-2-1-3-17(18)12-23-21(26)16-6-5-15-7-9-22-20(15)11-16/h1-7,9,11,19,22,25H,8,10,12-14H2,(H,23,26)/t19-/m1/s1. The van der Waals surface area contributed by atoms with Crippen LogP contribution < -0.4 is 5.32 Å². The average molecular weight is 349 g/mol. The molecule has 0 spiro atoms. The average Bonchev–Trinajstić information content (AvgIpc) is 3.28. The van der Waals surface area contributed by atoms with Gasteiger partial charge in [-0.3, -0.25) is 9.69 Å². The van der Waals surface area contributed by atoms with Gasteiger partial charge in [0.1, 0.15) is 0 Å². The summed E-state index contributed by atoms with van der Waals surface area (Å²) in [5, 5.41) is 13.8. The van der Waals surface area contributed by atoms with Crippen LogP contribution in [0.25, 0.3) is 10.9 Å². The number of nitrogens with zero attached hydrogens (tertiary/aromatic N) is 1. The third kappa shape index (κ3) is 3.64. The highest BCUT2D eigenvalue weighted by molar-refractivity contribution is 5.97. The van der Waals surface area contributed by atoms with E-state index in [1.807, 2.05) is 42.6 Å². The molecule has 134 valence electrons. The van der Waals surface area contributed by atoms with E-state index in [2.05, 4.69) is 27.3 Å². The number of aromatic nitrogens is 1. The third-order valence-corrected chi connectivity index (χ3v) is 5.02. The molecule has 1 atom stereocenters. The summed E-state index contributed by atoms with van der Waals surface area (Å²) in [6, 6.07) is 15.8. The Balaban J connectivity index is 1.43. The molecule has 4 rings (SSSR count). The number of nitrogens with one attached hydrogen (secondary N) is 2. The number of hydrogen-bond acceptors (Lipinski definition) is 3. The van der Waals surface area contributed by atoms with Gasteiger partial charge in [-0.25, -0.2) is 0 Å². The molecule has 2 aromatic carbocycles. The van der Waals surface area contributed by atoms with Crippen LogP contribution in [-0.4, -0.2) is 40.1 Å². The quantitative estimate of drug-likeness (QED) is 0.663. The summed E-state index contributed by atoms with van der Waals surface area (Å²) >= 11 is 0. The molecule has 3 aromatic rings. The summed E-state index contributed by atoms with van der Waals surface area (Å²) in [7, 11) is 0. The first-order valence-corrected chi connectivity index (χ1v) is 9.01. The molecule has 26 heavy (non-hydrogen) atoms. The Morgan fingerprint density at radius 1 is 1.19 bits per heavy atom. The van der Waals surface area contributed by atoms with Crippen LogP contribution in [0.2, 0.25) is 0 Å². The maximum Gasteiger partial charge on any atom is 0.251 e. The number of carbonyl (C=O) groups excluding carboxylic acids is 1. The van der Waals surface area contributed by atoms with Crippen molar-refractivity contribution in [3.05, 3.63) is 71.4 Å². The SMILES string of the molecule is O=C(NCc1ccccc1CN1CC[C@@H](O)C1)c1ccc2cc[nH]c2c1. The number of aliphatic hydroxyl groups is 1. The number of aliphatic hydroxyl groups excluding tert-OH is 1. The van der Waals surface area contributed by atoms with E-state index in [9.17, 15) is 9.90 Å². The van der Waals surface area contributed by atoms with Gasteiger partial charge in [-0.05, 0) is 41.1 Å². The molecular weight excluding hydrogens is 326 g/mol. The topological polar surface area (TPSA) is 68.4 Å². The lowest BCUT2D eigenvalue weighted by Crippen LogP contribution is -2.25. The van der Waals surface area contributed by atoms with Gasteiger partial charge in [0.15, 0.2) is 0 Å². The van der Waals surface area contributed by atoms with Crippen LogP contribution in [0.5, 0.6) is 0 Å². The minimum absolute atomic E-state index is 0.0760. The lowest BCUT2D eigenvalue weighted by Gasteiger charge is -2.18. The molecule has 5 heteroatoms. The van der Waals surface area contributed by atoms with Gasteiger partial charge in [-0.1, -0.05) is 30.3 Å². The van der Waals surface area contributed by atoms with Crippen LogP contribution in [-0.2, 0) is 13.1 Å². The molecule has 2 heterocycles. The number of amides is 1. The van der Waals surface area contributed by atoms with Crippen molar-refractivity contribution in [1.82, 2.24) is 15.2 Å². The van der Waals surface area contributed by atoms with Gasteiger partial charge < -0.3 is 15.4 Å². The van der Waals surface area contributed by atoms with Crippen molar-refractivity contribution in [2.24, 2.45) is 0 Å². The Morgan fingerprint density at radius 3 is 2.85 bits per heavy atom. The van der Waals surface area contributed by atoms with Crippen LogP contribution in [0.4, 0.5) is 0 Å². The van der Waals surface area contributed by atoms with Crippen LogP contribution in [0.1, 0.15) is 27.9 Å². The zero-order chi connectivity index (χ0) is 17.9. The highest BCUT2D eigenvalue weighted by atomic mass is 16.3. The van der Waals surface area contributed by atoms with Crippen LogP contribution in [0.3, 0.4) is 0 Å².